The number of rotatable bonds is 5. The number of nitrogens with one attached hydrogen (secondary N) is 1. The summed E-state index contributed by atoms with van der Waals surface area (Å²) in [6.07, 6.45) is 4.78. The predicted molar refractivity (Wildman–Crippen MR) is 91.9 cm³/mol. The first-order chi connectivity index (χ1) is 10.0. The van der Waals surface area contributed by atoms with Gasteiger partial charge in [0.2, 0.25) is 0 Å². The maximum atomic E-state index is 5.95. The third kappa shape index (κ3) is 5.46. The van der Waals surface area contributed by atoms with Crippen LogP contribution in [-0.2, 0) is 0 Å². The van der Waals surface area contributed by atoms with Crippen LogP contribution in [0.1, 0.15) is 45.2 Å². The molecule has 1 fully saturated rings. The van der Waals surface area contributed by atoms with Gasteiger partial charge in [-0.05, 0) is 64.4 Å². The maximum absolute atomic E-state index is 5.95. The molecule has 21 heavy (non-hydrogen) atoms. The summed E-state index contributed by atoms with van der Waals surface area (Å²) < 4.78 is 0. The van der Waals surface area contributed by atoms with Crippen LogP contribution in [0.25, 0.3) is 0 Å². The number of piperidine rings is 1. The molecule has 1 aliphatic rings. The highest BCUT2D eigenvalue weighted by molar-refractivity contribution is 6.30. The molecule has 0 radical (unpaired) electrons. The third-order valence-corrected chi connectivity index (χ3v) is 4.45. The molecule has 1 heterocycles. The fraction of sp³-hybridized carbons (Fsp3) is 0.556. The van der Waals surface area contributed by atoms with Gasteiger partial charge < -0.3 is 5.32 Å². The molecule has 1 atom stereocenters. The van der Waals surface area contributed by atoms with Crippen molar-refractivity contribution in [1.82, 2.24) is 10.2 Å². The van der Waals surface area contributed by atoms with Gasteiger partial charge in [0, 0.05) is 23.7 Å². The van der Waals surface area contributed by atoms with Gasteiger partial charge in [-0.15, -0.1) is 0 Å². The monoisotopic (exact) mass is 306 g/mol. The molecule has 2 rings (SSSR count). The highest BCUT2D eigenvalue weighted by Crippen LogP contribution is 2.19. The van der Waals surface area contributed by atoms with Crippen LogP contribution >= 0.6 is 11.6 Å². The number of allylic oxidation sites excluding steroid dienone is 1. The maximum Gasteiger partial charge on any atom is 0.0406 e. The SMILES string of the molecule is CC(C)=CCN1CCC(N[C@@H](C)c2ccc(Cl)cc2)CC1. The summed E-state index contributed by atoms with van der Waals surface area (Å²) in [5, 5.41) is 4.56. The Bertz CT molecular complexity index is 455. The lowest BCUT2D eigenvalue weighted by Gasteiger charge is -2.33. The number of benzene rings is 1. The molecule has 116 valence electrons. The highest BCUT2D eigenvalue weighted by atomic mass is 35.5. The van der Waals surface area contributed by atoms with E-state index in [4.69, 9.17) is 11.6 Å². The molecular formula is C18H27ClN2. The van der Waals surface area contributed by atoms with E-state index >= 15 is 0 Å². The van der Waals surface area contributed by atoms with Crippen molar-refractivity contribution in [3.8, 4) is 0 Å². The van der Waals surface area contributed by atoms with Crippen molar-refractivity contribution in [2.45, 2.75) is 45.7 Å². The first-order valence-corrected chi connectivity index (χ1v) is 8.29. The Labute approximate surface area is 134 Å². The molecule has 1 saturated heterocycles. The Morgan fingerprint density at radius 2 is 1.90 bits per heavy atom. The lowest BCUT2D eigenvalue weighted by atomic mass is 10.0. The van der Waals surface area contributed by atoms with Crippen molar-refractivity contribution in [1.29, 1.82) is 0 Å². The number of halogens is 1. The molecule has 0 amide bonds. The summed E-state index contributed by atoms with van der Waals surface area (Å²) in [5.41, 5.74) is 2.72. The van der Waals surface area contributed by atoms with Crippen molar-refractivity contribution < 1.29 is 0 Å². The van der Waals surface area contributed by atoms with E-state index in [1.165, 1.54) is 37.1 Å². The van der Waals surface area contributed by atoms with Crippen LogP contribution in [0, 0.1) is 0 Å². The van der Waals surface area contributed by atoms with Gasteiger partial charge in [0.05, 0.1) is 0 Å². The smallest absolute Gasteiger partial charge is 0.0406 e. The lowest BCUT2D eigenvalue weighted by Crippen LogP contribution is -2.43. The average molecular weight is 307 g/mol. The molecule has 0 aromatic heterocycles. The number of hydrogen-bond acceptors (Lipinski definition) is 2. The minimum absolute atomic E-state index is 0.386. The summed E-state index contributed by atoms with van der Waals surface area (Å²) >= 11 is 5.95. The summed E-state index contributed by atoms with van der Waals surface area (Å²) in [4.78, 5) is 2.54. The van der Waals surface area contributed by atoms with Gasteiger partial charge in [-0.2, -0.15) is 0 Å². The zero-order chi connectivity index (χ0) is 15.2. The number of nitrogens with zero attached hydrogens (tertiary/aromatic N) is 1. The number of hydrogen-bond donors (Lipinski definition) is 1. The van der Waals surface area contributed by atoms with E-state index in [0.29, 0.717) is 12.1 Å². The first kappa shape index (κ1) is 16.5. The van der Waals surface area contributed by atoms with Crippen molar-refractivity contribution >= 4 is 11.6 Å². The Morgan fingerprint density at radius 3 is 2.48 bits per heavy atom. The average Bonchev–Trinajstić information content (AvgIpc) is 2.47. The molecule has 0 bridgehead atoms. The Morgan fingerprint density at radius 1 is 1.29 bits per heavy atom. The largest absolute Gasteiger partial charge is 0.307 e. The van der Waals surface area contributed by atoms with E-state index in [1.54, 1.807) is 0 Å². The Hall–Kier alpha value is -0.830. The van der Waals surface area contributed by atoms with Crippen LogP contribution in [0.2, 0.25) is 5.02 Å². The van der Waals surface area contributed by atoms with E-state index in [2.05, 4.69) is 49.2 Å². The molecular weight excluding hydrogens is 280 g/mol. The van der Waals surface area contributed by atoms with Crippen molar-refractivity contribution in [2.75, 3.05) is 19.6 Å². The van der Waals surface area contributed by atoms with Gasteiger partial charge in [-0.25, -0.2) is 0 Å². The second-order valence-corrected chi connectivity index (χ2v) is 6.73. The highest BCUT2D eigenvalue weighted by Gasteiger charge is 2.20. The summed E-state index contributed by atoms with van der Waals surface area (Å²) in [6, 6.07) is 9.18. The standard InChI is InChI=1S/C18H27ClN2/c1-14(2)8-11-21-12-9-18(10-13-21)20-15(3)16-4-6-17(19)7-5-16/h4-8,15,18,20H,9-13H2,1-3H3/t15-/m0/s1. The van der Waals surface area contributed by atoms with E-state index < -0.39 is 0 Å². The van der Waals surface area contributed by atoms with Gasteiger partial charge in [0.1, 0.15) is 0 Å². The van der Waals surface area contributed by atoms with E-state index in [0.717, 1.165) is 11.6 Å². The van der Waals surface area contributed by atoms with Crippen LogP contribution in [0.5, 0.6) is 0 Å². The molecule has 0 saturated carbocycles. The number of likely N-dealkylation sites (tertiary alicyclic amines) is 1. The van der Waals surface area contributed by atoms with Crippen LogP contribution < -0.4 is 5.32 Å². The van der Waals surface area contributed by atoms with Crippen LogP contribution in [0.15, 0.2) is 35.9 Å². The lowest BCUT2D eigenvalue weighted by molar-refractivity contribution is 0.208. The molecule has 2 nitrogen and oxygen atoms in total. The summed E-state index contributed by atoms with van der Waals surface area (Å²) in [7, 11) is 0. The fourth-order valence-electron chi connectivity index (χ4n) is 2.80. The predicted octanol–water partition coefficient (Wildman–Crippen LogP) is 4.42. The Balaban J connectivity index is 1.78. The molecule has 1 N–H and O–H groups in total. The quantitative estimate of drug-likeness (QED) is 0.810. The first-order valence-electron chi connectivity index (χ1n) is 7.92. The van der Waals surface area contributed by atoms with Gasteiger partial charge >= 0.3 is 0 Å². The molecule has 0 unspecified atom stereocenters. The van der Waals surface area contributed by atoms with Crippen molar-refractivity contribution in [2.24, 2.45) is 0 Å². The fourth-order valence-corrected chi connectivity index (χ4v) is 2.92. The molecule has 1 aliphatic heterocycles. The molecule has 0 spiro atoms. The van der Waals surface area contributed by atoms with Crippen LogP contribution in [0.4, 0.5) is 0 Å². The minimum Gasteiger partial charge on any atom is -0.307 e. The molecule has 1 aromatic carbocycles. The molecule has 1 aromatic rings. The third-order valence-electron chi connectivity index (χ3n) is 4.20. The molecule has 0 aliphatic carbocycles. The normalized spacial score (nSPS) is 18.5. The summed E-state index contributed by atoms with van der Waals surface area (Å²) in [5.74, 6) is 0. The second kappa shape index (κ2) is 7.98. The second-order valence-electron chi connectivity index (χ2n) is 6.30. The van der Waals surface area contributed by atoms with Crippen LogP contribution in [-0.4, -0.2) is 30.6 Å². The van der Waals surface area contributed by atoms with Crippen LogP contribution in [0.3, 0.4) is 0 Å². The minimum atomic E-state index is 0.386. The van der Waals surface area contributed by atoms with E-state index in [1.807, 2.05) is 12.1 Å². The zero-order valence-electron chi connectivity index (χ0n) is 13.4. The summed E-state index contributed by atoms with van der Waals surface area (Å²) in [6.45, 7) is 10.0. The topological polar surface area (TPSA) is 15.3 Å². The van der Waals surface area contributed by atoms with Gasteiger partial charge in [-0.1, -0.05) is 35.4 Å². The zero-order valence-corrected chi connectivity index (χ0v) is 14.2. The van der Waals surface area contributed by atoms with Gasteiger partial charge in [0.25, 0.3) is 0 Å². The van der Waals surface area contributed by atoms with Crippen molar-refractivity contribution in [3.05, 3.63) is 46.5 Å². The van der Waals surface area contributed by atoms with E-state index in [-0.39, 0.29) is 0 Å². The molecule has 3 heteroatoms. The van der Waals surface area contributed by atoms with Crippen molar-refractivity contribution in [3.63, 3.8) is 0 Å². The van der Waals surface area contributed by atoms with E-state index in [9.17, 15) is 0 Å². The van der Waals surface area contributed by atoms with Gasteiger partial charge in [-0.3, -0.25) is 4.90 Å². The Kier molecular flexibility index (Phi) is 6.28. The van der Waals surface area contributed by atoms with Gasteiger partial charge in [0.15, 0.2) is 0 Å².